The average molecular weight is 104 g/mol. The van der Waals surface area contributed by atoms with E-state index in [0.717, 1.165) is 6.08 Å². The summed E-state index contributed by atoms with van der Waals surface area (Å²) in [5.74, 6) is -0.0880. The van der Waals surface area contributed by atoms with Crippen LogP contribution in [-0.2, 0) is 0 Å². The molecule has 3 heteroatoms. The van der Waals surface area contributed by atoms with Crippen LogP contribution in [0.2, 0.25) is 0 Å². The maximum atomic E-state index is 8.26. The Morgan fingerprint density at radius 2 is 2.00 bits per heavy atom. The summed E-state index contributed by atoms with van der Waals surface area (Å²) in [5, 5.41) is 24.3. The molecule has 0 spiro atoms. The molecule has 0 aliphatic rings. The first kappa shape index (κ1) is 6.46. The summed E-state index contributed by atoms with van der Waals surface area (Å²) in [7, 11) is 0. The second-order valence-electron chi connectivity index (χ2n) is 1.22. The maximum Gasteiger partial charge on any atom is 0.174 e. The van der Waals surface area contributed by atoms with Gasteiger partial charge in [0.1, 0.15) is 0 Å². The van der Waals surface area contributed by atoms with Gasteiger partial charge < -0.3 is 15.3 Å². The molecular weight excluding hydrogens is 96.0 g/mol. The third-order valence-electron chi connectivity index (χ3n) is 0.390. The van der Waals surface area contributed by atoms with E-state index in [1.165, 1.54) is 6.92 Å². The van der Waals surface area contributed by atoms with Gasteiger partial charge in [-0.2, -0.15) is 0 Å². The topological polar surface area (TPSA) is 60.7 Å². The normalized spacial score (nSPS) is 12.9. The van der Waals surface area contributed by atoms with E-state index in [4.69, 9.17) is 15.3 Å². The third kappa shape index (κ3) is 5.46. The molecular formula is C4H8O3. The van der Waals surface area contributed by atoms with Gasteiger partial charge in [0.05, 0.1) is 5.76 Å². The van der Waals surface area contributed by atoms with E-state index >= 15 is 0 Å². The van der Waals surface area contributed by atoms with Crippen LogP contribution >= 0.6 is 0 Å². The molecule has 3 N–H and O–H groups in total. The van der Waals surface area contributed by atoms with Gasteiger partial charge in [0, 0.05) is 6.08 Å². The Morgan fingerprint density at radius 1 is 1.57 bits per heavy atom. The Balaban J connectivity index is 3.45. The molecule has 0 rings (SSSR count). The lowest BCUT2D eigenvalue weighted by Gasteiger charge is -1.91. The van der Waals surface area contributed by atoms with Gasteiger partial charge in [-0.15, -0.1) is 0 Å². The lowest BCUT2D eigenvalue weighted by molar-refractivity contribution is 0.0000655. The van der Waals surface area contributed by atoms with Gasteiger partial charge in [0.25, 0.3) is 0 Å². The molecule has 3 nitrogen and oxygen atoms in total. The van der Waals surface area contributed by atoms with Crippen LogP contribution in [0.25, 0.3) is 0 Å². The Morgan fingerprint density at radius 3 is 2.00 bits per heavy atom. The largest absolute Gasteiger partial charge is 0.513 e. The van der Waals surface area contributed by atoms with Gasteiger partial charge in [-0.3, -0.25) is 0 Å². The van der Waals surface area contributed by atoms with Crippen LogP contribution in [-0.4, -0.2) is 21.6 Å². The molecule has 0 radical (unpaired) electrons. The summed E-state index contributed by atoms with van der Waals surface area (Å²) in [5.41, 5.74) is 0. The summed E-state index contributed by atoms with van der Waals surface area (Å²) >= 11 is 0. The van der Waals surface area contributed by atoms with Crippen LogP contribution in [0.3, 0.4) is 0 Å². The lowest BCUT2D eigenvalue weighted by Crippen LogP contribution is -1.98. The summed E-state index contributed by atoms with van der Waals surface area (Å²) in [6.45, 7) is 1.36. The second-order valence-corrected chi connectivity index (χ2v) is 1.22. The van der Waals surface area contributed by atoms with E-state index in [2.05, 4.69) is 0 Å². The van der Waals surface area contributed by atoms with Crippen LogP contribution in [0, 0.1) is 0 Å². The van der Waals surface area contributed by atoms with Gasteiger partial charge in [0.15, 0.2) is 6.29 Å². The number of aliphatic hydroxyl groups is 3. The van der Waals surface area contributed by atoms with E-state index in [0.29, 0.717) is 0 Å². The van der Waals surface area contributed by atoms with Crippen molar-refractivity contribution in [3.8, 4) is 0 Å². The van der Waals surface area contributed by atoms with Crippen LogP contribution in [0.1, 0.15) is 6.92 Å². The molecule has 7 heavy (non-hydrogen) atoms. The van der Waals surface area contributed by atoms with Crippen molar-refractivity contribution in [3.63, 3.8) is 0 Å². The molecule has 0 unspecified atom stereocenters. The summed E-state index contributed by atoms with van der Waals surface area (Å²) in [4.78, 5) is 0. The molecule has 0 saturated heterocycles. The van der Waals surface area contributed by atoms with E-state index in [-0.39, 0.29) is 5.76 Å². The number of hydrogen-bond acceptors (Lipinski definition) is 3. The Labute approximate surface area is 41.5 Å². The van der Waals surface area contributed by atoms with E-state index in [1.54, 1.807) is 0 Å². The molecule has 0 bridgehead atoms. The first-order valence-electron chi connectivity index (χ1n) is 1.86. The fourth-order valence-corrected chi connectivity index (χ4v) is 0.216. The monoisotopic (exact) mass is 104 g/mol. The zero-order chi connectivity index (χ0) is 5.86. The standard InChI is InChI=1S/C4H8O3/c1-3(5)2-4(6)7/h2,4-7H,1H3. The molecule has 0 aliphatic carbocycles. The highest BCUT2D eigenvalue weighted by atomic mass is 16.5. The summed E-state index contributed by atoms with van der Waals surface area (Å²) in [6.07, 6.45) is -0.620. The van der Waals surface area contributed by atoms with Gasteiger partial charge in [0.2, 0.25) is 0 Å². The molecule has 0 aromatic heterocycles. The number of aliphatic hydroxyl groups excluding tert-OH is 2. The number of allylic oxidation sites excluding steroid dienone is 1. The van der Waals surface area contributed by atoms with Gasteiger partial charge >= 0.3 is 0 Å². The molecule has 0 aromatic carbocycles. The maximum absolute atomic E-state index is 8.26. The minimum absolute atomic E-state index is 0.0880. The predicted molar refractivity (Wildman–Crippen MR) is 24.6 cm³/mol. The van der Waals surface area contributed by atoms with Crippen molar-refractivity contribution < 1.29 is 15.3 Å². The summed E-state index contributed by atoms with van der Waals surface area (Å²) in [6, 6.07) is 0. The molecule has 0 amide bonds. The molecule has 0 atom stereocenters. The predicted octanol–water partition coefficient (Wildman–Crippen LogP) is -0.241. The fourth-order valence-electron chi connectivity index (χ4n) is 0.216. The molecule has 42 valence electrons. The van der Waals surface area contributed by atoms with Crippen molar-refractivity contribution in [2.24, 2.45) is 0 Å². The highest BCUT2D eigenvalue weighted by molar-refractivity contribution is 4.86. The highest BCUT2D eigenvalue weighted by Crippen LogP contribution is 1.85. The number of hydrogen-bond donors (Lipinski definition) is 3. The average Bonchev–Trinajstić information content (AvgIpc) is 1.27. The molecule has 0 fully saturated rings. The van der Waals surface area contributed by atoms with E-state index in [9.17, 15) is 0 Å². The van der Waals surface area contributed by atoms with Crippen molar-refractivity contribution in [3.05, 3.63) is 11.8 Å². The minimum atomic E-state index is -1.54. The Hall–Kier alpha value is -0.540. The van der Waals surface area contributed by atoms with Crippen LogP contribution in [0.15, 0.2) is 11.8 Å². The van der Waals surface area contributed by atoms with Crippen molar-refractivity contribution in [1.82, 2.24) is 0 Å². The van der Waals surface area contributed by atoms with Crippen LogP contribution < -0.4 is 0 Å². The van der Waals surface area contributed by atoms with Gasteiger partial charge in [-0.05, 0) is 6.92 Å². The van der Waals surface area contributed by atoms with Gasteiger partial charge in [-0.25, -0.2) is 0 Å². The van der Waals surface area contributed by atoms with Crippen molar-refractivity contribution in [2.45, 2.75) is 13.2 Å². The minimum Gasteiger partial charge on any atom is -0.513 e. The Kier molecular flexibility index (Phi) is 2.40. The SMILES string of the molecule is CC(O)=CC(O)O. The first-order chi connectivity index (χ1) is 3.13. The Bertz CT molecular complexity index is 71.0. The molecule has 0 heterocycles. The smallest absolute Gasteiger partial charge is 0.174 e. The second kappa shape index (κ2) is 2.60. The summed E-state index contributed by atoms with van der Waals surface area (Å²) < 4.78 is 0. The van der Waals surface area contributed by atoms with Crippen LogP contribution in [0.5, 0.6) is 0 Å². The molecule has 0 saturated carbocycles. The van der Waals surface area contributed by atoms with E-state index in [1.807, 2.05) is 0 Å². The fraction of sp³-hybridized carbons (Fsp3) is 0.500. The van der Waals surface area contributed by atoms with Crippen molar-refractivity contribution in [2.75, 3.05) is 0 Å². The third-order valence-corrected chi connectivity index (χ3v) is 0.390. The van der Waals surface area contributed by atoms with Crippen LogP contribution in [0.4, 0.5) is 0 Å². The first-order valence-corrected chi connectivity index (χ1v) is 1.86. The zero-order valence-corrected chi connectivity index (χ0v) is 4.00. The van der Waals surface area contributed by atoms with Crippen molar-refractivity contribution >= 4 is 0 Å². The number of rotatable bonds is 1. The zero-order valence-electron chi connectivity index (χ0n) is 4.00. The molecule has 0 aromatic rings. The van der Waals surface area contributed by atoms with Crippen molar-refractivity contribution in [1.29, 1.82) is 0 Å². The van der Waals surface area contributed by atoms with E-state index < -0.39 is 6.29 Å². The highest BCUT2D eigenvalue weighted by Gasteiger charge is 1.87. The van der Waals surface area contributed by atoms with Gasteiger partial charge in [-0.1, -0.05) is 0 Å². The molecule has 0 aliphatic heterocycles. The quantitative estimate of drug-likeness (QED) is 0.318. The lowest BCUT2D eigenvalue weighted by atomic mass is 10.5.